The second-order valence-corrected chi connectivity index (χ2v) is 6.78. The van der Waals surface area contributed by atoms with Crippen LogP contribution in [0.1, 0.15) is 34.5 Å². The third-order valence-corrected chi connectivity index (χ3v) is 4.65. The highest BCUT2D eigenvalue weighted by molar-refractivity contribution is 5.95. The normalized spacial score (nSPS) is 14.5. The zero-order valence-electron chi connectivity index (χ0n) is 15.8. The molecule has 0 unspecified atom stereocenters. The fourth-order valence-corrected chi connectivity index (χ4v) is 3.13. The molecule has 0 atom stereocenters. The number of carbonyl (C=O) groups is 1. The van der Waals surface area contributed by atoms with E-state index in [1.165, 1.54) is 0 Å². The average Bonchev–Trinajstić information content (AvgIpc) is 2.68. The van der Waals surface area contributed by atoms with Crippen LogP contribution in [-0.4, -0.2) is 54.1 Å². The van der Waals surface area contributed by atoms with E-state index in [1.54, 1.807) is 29.4 Å². The summed E-state index contributed by atoms with van der Waals surface area (Å²) in [6.07, 6.45) is 4.87. The summed E-state index contributed by atoms with van der Waals surface area (Å²) in [5.41, 5.74) is 1.74. The maximum Gasteiger partial charge on any atom is 0.254 e. The van der Waals surface area contributed by atoms with Crippen molar-refractivity contribution in [2.75, 3.05) is 37.0 Å². The van der Waals surface area contributed by atoms with E-state index >= 15 is 0 Å². The SMILES string of the molecule is Cc1nc(N(C)C)ncc1C(=O)NC1CCN(c2ncccc2C#N)CC1. The summed E-state index contributed by atoms with van der Waals surface area (Å²) in [6, 6.07) is 5.80. The first-order chi connectivity index (χ1) is 13.0. The Kier molecular flexibility index (Phi) is 5.50. The van der Waals surface area contributed by atoms with Gasteiger partial charge in [-0.25, -0.2) is 15.0 Å². The molecule has 1 amide bonds. The number of nitriles is 1. The molecule has 0 bridgehead atoms. The third-order valence-electron chi connectivity index (χ3n) is 4.65. The van der Waals surface area contributed by atoms with Crippen LogP contribution in [0, 0.1) is 18.3 Å². The van der Waals surface area contributed by atoms with Crippen molar-refractivity contribution in [3.05, 3.63) is 41.3 Å². The van der Waals surface area contributed by atoms with Crippen LogP contribution >= 0.6 is 0 Å². The van der Waals surface area contributed by atoms with Gasteiger partial charge in [0.15, 0.2) is 0 Å². The molecule has 1 aliphatic rings. The van der Waals surface area contributed by atoms with Gasteiger partial charge in [0, 0.05) is 45.6 Å². The molecule has 1 aliphatic heterocycles. The van der Waals surface area contributed by atoms with E-state index in [0.717, 1.165) is 25.9 Å². The molecule has 0 saturated carbocycles. The number of anilines is 2. The highest BCUT2D eigenvalue weighted by atomic mass is 16.1. The topological polar surface area (TPSA) is 98.0 Å². The summed E-state index contributed by atoms with van der Waals surface area (Å²) in [5.74, 6) is 1.15. The minimum atomic E-state index is -0.146. The van der Waals surface area contributed by atoms with Gasteiger partial charge in [0.25, 0.3) is 5.91 Å². The molecule has 3 heterocycles. The van der Waals surface area contributed by atoms with Crippen molar-refractivity contribution in [1.29, 1.82) is 5.26 Å². The number of piperidine rings is 1. The molecule has 8 heteroatoms. The maximum atomic E-state index is 12.6. The van der Waals surface area contributed by atoms with Crippen LogP contribution in [0.5, 0.6) is 0 Å². The number of hydrogen-bond acceptors (Lipinski definition) is 7. The van der Waals surface area contributed by atoms with Crippen molar-refractivity contribution in [3.63, 3.8) is 0 Å². The van der Waals surface area contributed by atoms with E-state index in [4.69, 9.17) is 0 Å². The van der Waals surface area contributed by atoms with E-state index in [-0.39, 0.29) is 11.9 Å². The predicted octanol–water partition coefficient (Wildman–Crippen LogP) is 1.52. The summed E-state index contributed by atoms with van der Waals surface area (Å²) in [6.45, 7) is 3.30. The first kappa shape index (κ1) is 18.6. The first-order valence-electron chi connectivity index (χ1n) is 8.91. The van der Waals surface area contributed by atoms with Crippen molar-refractivity contribution in [3.8, 4) is 6.07 Å². The number of aromatic nitrogens is 3. The van der Waals surface area contributed by atoms with Gasteiger partial charge in [-0.05, 0) is 31.9 Å². The van der Waals surface area contributed by atoms with E-state index in [2.05, 4.69) is 31.2 Å². The molecule has 0 radical (unpaired) electrons. The molecule has 2 aromatic rings. The summed E-state index contributed by atoms with van der Waals surface area (Å²) in [5, 5.41) is 12.3. The first-order valence-corrected chi connectivity index (χ1v) is 8.91. The Bertz CT molecular complexity index is 867. The minimum absolute atomic E-state index is 0.0796. The minimum Gasteiger partial charge on any atom is -0.355 e. The number of amides is 1. The summed E-state index contributed by atoms with van der Waals surface area (Å²) in [7, 11) is 3.73. The number of carbonyl (C=O) groups excluding carboxylic acids is 1. The Hall–Kier alpha value is -3.21. The standard InChI is InChI=1S/C19H23N7O/c1-13-16(12-22-19(23-13)25(2)3)18(27)24-15-6-9-26(10-7-15)17-14(11-20)5-4-8-21-17/h4-5,8,12,15H,6-7,9-10H2,1-3H3,(H,24,27). The molecule has 0 aromatic carbocycles. The molecule has 2 aromatic heterocycles. The maximum absolute atomic E-state index is 12.6. The summed E-state index contributed by atoms with van der Waals surface area (Å²) >= 11 is 0. The molecule has 1 saturated heterocycles. The van der Waals surface area contributed by atoms with Crippen molar-refractivity contribution in [2.45, 2.75) is 25.8 Å². The number of nitrogens with zero attached hydrogens (tertiary/aromatic N) is 6. The number of nitrogens with one attached hydrogen (secondary N) is 1. The molecule has 0 aliphatic carbocycles. The Morgan fingerprint density at radius 1 is 1.33 bits per heavy atom. The lowest BCUT2D eigenvalue weighted by Crippen LogP contribution is -2.45. The van der Waals surface area contributed by atoms with E-state index in [0.29, 0.717) is 28.6 Å². The Morgan fingerprint density at radius 2 is 2.07 bits per heavy atom. The summed E-state index contributed by atoms with van der Waals surface area (Å²) < 4.78 is 0. The highest BCUT2D eigenvalue weighted by Crippen LogP contribution is 2.21. The van der Waals surface area contributed by atoms with Gasteiger partial charge >= 0.3 is 0 Å². The molecule has 0 spiro atoms. The Balaban J connectivity index is 1.61. The lowest BCUT2D eigenvalue weighted by molar-refractivity contribution is 0.0929. The second-order valence-electron chi connectivity index (χ2n) is 6.78. The van der Waals surface area contributed by atoms with Crippen LogP contribution in [0.25, 0.3) is 0 Å². The molecule has 27 heavy (non-hydrogen) atoms. The lowest BCUT2D eigenvalue weighted by atomic mass is 10.0. The van der Waals surface area contributed by atoms with Gasteiger partial charge in [-0.1, -0.05) is 0 Å². The number of aryl methyl sites for hydroxylation is 1. The van der Waals surface area contributed by atoms with Crippen molar-refractivity contribution in [2.24, 2.45) is 0 Å². The molecular formula is C19H23N7O. The van der Waals surface area contributed by atoms with Crippen molar-refractivity contribution in [1.82, 2.24) is 20.3 Å². The van der Waals surface area contributed by atoms with Crippen LogP contribution in [0.3, 0.4) is 0 Å². The lowest BCUT2D eigenvalue weighted by Gasteiger charge is -2.33. The molecule has 1 N–H and O–H groups in total. The monoisotopic (exact) mass is 365 g/mol. The van der Waals surface area contributed by atoms with E-state index in [9.17, 15) is 10.1 Å². The zero-order valence-corrected chi connectivity index (χ0v) is 15.8. The van der Waals surface area contributed by atoms with Crippen LogP contribution in [0.15, 0.2) is 24.5 Å². The van der Waals surface area contributed by atoms with Gasteiger partial charge in [0.05, 0.1) is 16.8 Å². The van der Waals surface area contributed by atoms with Gasteiger partial charge < -0.3 is 15.1 Å². The quantitative estimate of drug-likeness (QED) is 0.877. The predicted molar refractivity (Wildman–Crippen MR) is 103 cm³/mol. The van der Waals surface area contributed by atoms with Crippen molar-refractivity contribution < 1.29 is 4.79 Å². The third kappa shape index (κ3) is 4.14. The molecule has 1 fully saturated rings. The number of rotatable bonds is 4. The fraction of sp³-hybridized carbons (Fsp3) is 0.421. The Morgan fingerprint density at radius 3 is 2.70 bits per heavy atom. The molecule has 140 valence electrons. The molecule has 8 nitrogen and oxygen atoms in total. The van der Waals surface area contributed by atoms with E-state index < -0.39 is 0 Å². The smallest absolute Gasteiger partial charge is 0.254 e. The van der Waals surface area contributed by atoms with E-state index in [1.807, 2.05) is 21.0 Å². The molecule has 3 rings (SSSR count). The van der Waals surface area contributed by atoms with Gasteiger partial charge in [0.1, 0.15) is 11.9 Å². The highest BCUT2D eigenvalue weighted by Gasteiger charge is 2.24. The van der Waals surface area contributed by atoms with Gasteiger partial charge in [-0.15, -0.1) is 0 Å². The average molecular weight is 365 g/mol. The Labute approximate surface area is 158 Å². The summed E-state index contributed by atoms with van der Waals surface area (Å²) in [4.78, 5) is 29.4. The van der Waals surface area contributed by atoms with Gasteiger partial charge in [-0.3, -0.25) is 4.79 Å². The number of pyridine rings is 1. The zero-order chi connectivity index (χ0) is 19.4. The number of hydrogen-bond donors (Lipinski definition) is 1. The van der Waals surface area contributed by atoms with Crippen LogP contribution in [0.4, 0.5) is 11.8 Å². The molecular weight excluding hydrogens is 342 g/mol. The van der Waals surface area contributed by atoms with Gasteiger partial charge in [0.2, 0.25) is 5.95 Å². The largest absolute Gasteiger partial charge is 0.355 e. The van der Waals surface area contributed by atoms with Crippen LogP contribution < -0.4 is 15.1 Å². The fourth-order valence-electron chi connectivity index (χ4n) is 3.13. The van der Waals surface area contributed by atoms with Crippen molar-refractivity contribution >= 4 is 17.7 Å². The second kappa shape index (κ2) is 7.99. The van der Waals surface area contributed by atoms with Gasteiger partial charge in [-0.2, -0.15) is 5.26 Å². The van der Waals surface area contributed by atoms with Crippen LogP contribution in [-0.2, 0) is 0 Å². The van der Waals surface area contributed by atoms with Crippen LogP contribution in [0.2, 0.25) is 0 Å².